The molecule has 2 aliphatic heterocycles. The lowest BCUT2D eigenvalue weighted by atomic mass is 9.77. The molecule has 1 N–H and O–H groups in total. The average molecular weight is 325 g/mol. The van der Waals surface area contributed by atoms with E-state index in [1.165, 1.54) is 11.1 Å². The standard InChI is InChI=1S/C21H24FNO/c1-13(2)14-9-10-19-17(12-14)21-16(7-5-11-24-21)20(23-19)15-6-3-4-8-18(15)22/h3-4,6,8-10,12-13,16,20-21,23H,5,7,11H2,1-2H3/t16?,20-,21?/m0/s1. The average Bonchev–Trinajstić information content (AvgIpc) is 2.61. The third kappa shape index (κ3) is 2.61. The molecule has 2 nitrogen and oxygen atoms in total. The lowest BCUT2D eigenvalue weighted by molar-refractivity contribution is -0.0384. The third-order valence-corrected chi connectivity index (χ3v) is 5.40. The van der Waals surface area contributed by atoms with Gasteiger partial charge in [-0.15, -0.1) is 0 Å². The zero-order chi connectivity index (χ0) is 16.7. The number of rotatable bonds is 2. The van der Waals surface area contributed by atoms with Crippen molar-refractivity contribution in [1.29, 1.82) is 0 Å². The van der Waals surface area contributed by atoms with Crippen molar-refractivity contribution >= 4 is 5.69 Å². The second kappa shape index (κ2) is 6.21. The summed E-state index contributed by atoms with van der Waals surface area (Å²) >= 11 is 0. The molecule has 0 spiro atoms. The van der Waals surface area contributed by atoms with E-state index in [-0.39, 0.29) is 23.9 Å². The molecule has 2 heterocycles. The van der Waals surface area contributed by atoms with Crippen LogP contribution < -0.4 is 5.32 Å². The molecule has 3 heteroatoms. The molecule has 2 aromatic carbocycles. The van der Waals surface area contributed by atoms with Gasteiger partial charge in [0.05, 0.1) is 12.1 Å². The Morgan fingerprint density at radius 3 is 2.75 bits per heavy atom. The van der Waals surface area contributed by atoms with E-state index in [9.17, 15) is 4.39 Å². The van der Waals surface area contributed by atoms with E-state index < -0.39 is 0 Å². The molecular formula is C21H24FNO. The molecule has 2 aliphatic rings. The maximum atomic E-state index is 14.4. The Kier molecular flexibility index (Phi) is 4.05. The fourth-order valence-corrected chi connectivity index (χ4v) is 4.08. The van der Waals surface area contributed by atoms with Gasteiger partial charge in [0.15, 0.2) is 0 Å². The lowest BCUT2D eigenvalue weighted by Gasteiger charge is -2.43. The third-order valence-electron chi connectivity index (χ3n) is 5.40. The molecule has 24 heavy (non-hydrogen) atoms. The molecule has 0 bridgehead atoms. The molecule has 4 rings (SSSR count). The summed E-state index contributed by atoms with van der Waals surface area (Å²) in [5.74, 6) is 0.619. The van der Waals surface area contributed by atoms with E-state index in [2.05, 4.69) is 37.4 Å². The number of benzene rings is 2. The van der Waals surface area contributed by atoms with E-state index in [4.69, 9.17) is 4.74 Å². The van der Waals surface area contributed by atoms with Gasteiger partial charge in [-0.1, -0.05) is 44.2 Å². The van der Waals surface area contributed by atoms with Crippen molar-refractivity contribution in [3.8, 4) is 0 Å². The van der Waals surface area contributed by atoms with Crippen LogP contribution in [0.1, 0.15) is 61.4 Å². The highest BCUT2D eigenvalue weighted by Crippen LogP contribution is 2.49. The first kappa shape index (κ1) is 15.6. The summed E-state index contributed by atoms with van der Waals surface area (Å²) < 4.78 is 20.6. The number of nitrogens with one attached hydrogen (secondary N) is 1. The molecule has 0 amide bonds. The number of halogens is 1. The van der Waals surface area contributed by atoms with Gasteiger partial charge < -0.3 is 10.1 Å². The van der Waals surface area contributed by atoms with Crippen molar-refractivity contribution in [3.63, 3.8) is 0 Å². The number of hydrogen-bond donors (Lipinski definition) is 1. The van der Waals surface area contributed by atoms with Crippen LogP contribution in [0.5, 0.6) is 0 Å². The molecule has 0 saturated carbocycles. The smallest absolute Gasteiger partial charge is 0.128 e. The molecule has 0 aromatic heterocycles. The van der Waals surface area contributed by atoms with Gasteiger partial charge in [-0.05, 0) is 36.5 Å². The van der Waals surface area contributed by atoms with Crippen LogP contribution in [0.2, 0.25) is 0 Å². The molecule has 2 unspecified atom stereocenters. The highest BCUT2D eigenvalue weighted by Gasteiger charge is 2.40. The summed E-state index contributed by atoms with van der Waals surface area (Å²) in [6.07, 6.45) is 2.15. The Morgan fingerprint density at radius 1 is 1.12 bits per heavy atom. The Morgan fingerprint density at radius 2 is 1.96 bits per heavy atom. The second-order valence-corrected chi connectivity index (χ2v) is 7.24. The maximum Gasteiger partial charge on any atom is 0.128 e. The molecular weight excluding hydrogens is 301 g/mol. The predicted molar refractivity (Wildman–Crippen MR) is 94.7 cm³/mol. The zero-order valence-electron chi connectivity index (χ0n) is 14.3. The van der Waals surface area contributed by atoms with Crippen LogP contribution in [0.25, 0.3) is 0 Å². The van der Waals surface area contributed by atoms with E-state index in [0.29, 0.717) is 5.92 Å². The minimum absolute atomic E-state index is 0.0334. The normalized spacial score (nSPS) is 25.8. The molecule has 0 radical (unpaired) electrons. The highest BCUT2D eigenvalue weighted by atomic mass is 19.1. The summed E-state index contributed by atoms with van der Waals surface area (Å²) in [6, 6.07) is 13.6. The Bertz CT molecular complexity index is 742. The van der Waals surface area contributed by atoms with Gasteiger partial charge in [-0.3, -0.25) is 0 Å². The van der Waals surface area contributed by atoms with Crippen LogP contribution in [-0.2, 0) is 4.74 Å². The summed E-state index contributed by atoms with van der Waals surface area (Å²) in [4.78, 5) is 0. The van der Waals surface area contributed by atoms with Gasteiger partial charge in [0.2, 0.25) is 0 Å². The first-order valence-corrected chi connectivity index (χ1v) is 8.91. The summed E-state index contributed by atoms with van der Waals surface area (Å²) in [5, 5.41) is 3.60. The van der Waals surface area contributed by atoms with Gasteiger partial charge in [-0.2, -0.15) is 0 Å². The van der Waals surface area contributed by atoms with E-state index in [0.717, 1.165) is 30.7 Å². The van der Waals surface area contributed by atoms with Gasteiger partial charge in [0.25, 0.3) is 0 Å². The number of hydrogen-bond acceptors (Lipinski definition) is 2. The molecule has 3 atom stereocenters. The fraction of sp³-hybridized carbons (Fsp3) is 0.429. The second-order valence-electron chi connectivity index (χ2n) is 7.24. The van der Waals surface area contributed by atoms with Gasteiger partial charge in [-0.25, -0.2) is 4.39 Å². The van der Waals surface area contributed by atoms with Gasteiger partial charge in [0.1, 0.15) is 5.82 Å². The van der Waals surface area contributed by atoms with E-state index in [1.807, 2.05) is 12.1 Å². The minimum Gasteiger partial charge on any atom is -0.377 e. The van der Waals surface area contributed by atoms with Crippen LogP contribution >= 0.6 is 0 Å². The van der Waals surface area contributed by atoms with Gasteiger partial charge in [0, 0.05) is 29.3 Å². The van der Waals surface area contributed by atoms with Crippen LogP contribution in [-0.4, -0.2) is 6.61 Å². The summed E-state index contributed by atoms with van der Waals surface area (Å²) in [6.45, 7) is 5.20. The van der Waals surface area contributed by atoms with Crippen molar-refractivity contribution in [1.82, 2.24) is 0 Å². The summed E-state index contributed by atoms with van der Waals surface area (Å²) in [5.41, 5.74) is 4.39. The van der Waals surface area contributed by atoms with Crippen molar-refractivity contribution in [2.45, 2.75) is 44.8 Å². The molecule has 0 aliphatic carbocycles. The molecule has 1 saturated heterocycles. The lowest BCUT2D eigenvalue weighted by Crippen LogP contribution is -2.36. The van der Waals surface area contributed by atoms with Crippen LogP contribution in [0.15, 0.2) is 42.5 Å². The van der Waals surface area contributed by atoms with Crippen molar-refractivity contribution in [3.05, 3.63) is 65.0 Å². The summed E-state index contributed by atoms with van der Waals surface area (Å²) in [7, 11) is 0. The molecule has 126 valence electrons. The zero-order valence-corrected chi connectivity index (χ0v) is 14.3. The topological polar surface area (TPSA) is 21.3 Å². The van der Waals surface area contributed by atoms with Crippen LogP contribution in [0.3, 0.4) is 0 Å². The minimum atomic E-state index is -0.137. The maximum absolute atomic E-state index is 14.4. The van der Waals surface area contributed by atoms with E-state index >= 15 is 0 Å². The Balaban J connectivity index is 1.79. The largest absolute Gasteiger partial charge is 0.377 e. The van der Waals surface area contributed by atoms with Crippen LogP contribution in [0.4, 0.5) is 10.1 Å². The Labute approximate surface area is 143 Å². The van der Waals surface area contributed by atoms with Gasteiger partial charge >= 0.3 is 0 Å². The quantitative estimate of drug-likeness (QED) is 0.778. The van der Waals surface area contributed by atoms with Crippen LogP contribution in [0, 0.1) is 11.7 Å². The molecule has 2 aromatic rings. The van der Waals surface area contributed by atoms with Crippen molar-refractivity contribution < 1.29 is 9.13 Å². The van der Waals surface area contributed by atoms with Crippen molar-refractivity contribution in [2.24, 2.45) is 5.92 Å². The first-order chi connectivity index (χ1) is 11.6. The fourth-order valence-electron chi connectivity index (χ4n) is 4.08. The number of anilines is 1. The number of fused-ring (bicyclic) bond motifs is 3. The van der Waals surface area contributed by atoms with E-state index in [1.54, 1.807) is 12.1 Å². The van der Waals surface area contributed by atoms with Crippen molar-refractivity contribution in [2.75, 3.05) is 11.9 Å². The molecule has 1 fully saturated rings. The number of ether oxygens (including phenoxy) is 1. The Hall–Kier alpha value is -1.87. The monoisotopic (exact) mass is 325 g/mol. The highest BCUT2D eigenvalue weighted by molar-refractivity contribution is 5.58. The SMILES string of the molecule is CC(C)c1ccc2c(c1)C1OCCCC1[C@H](c1ccccc1F)N2. The predicted octanol–water partition coefficient (Wildman–Crippen LogP) is 5.58. The first-order valence-electron chi connectivity index (χ1n) is 8.91.